The van der Waals surface area contributed by atoms with E-state index in [2.05, 4.69) is 65.8 Å². The second-order valence-corrected chi connectivity index (χ2v) is 5.58. The maximum absolute atomic E-state index is 4.77. The maximum atomic E-state index is 4.77. The second-order valence-electron chi connectivity index (χ2n) is 5.58. The predicted octanol–water partition coefficient (Wildman–Crippen LogP) is 4.22. The summed E-state index contributed by atoms with van der Waals surface area (Å²) in [6, 6.07) is 18.9. The minimum atomic E-state index is 0.843. The molecule has 0 spiro atoms. The van der Waals surface area contributed by atoms with Gasteiger partial charge in [-0.05, 0) is 24.6 Å². The van der Waals surface area contributed by atoms with Crippen LogP contribution in [0.4, 0.5) is 11.5 Å². The monoisotopic (exact) mass is 291 g/mol. The van der Waals surface area contributed by atoms with Crippen molar-refractivity contribution >= 4 is 22.3 Å². The number of nitrogens with one attached hydrogen (secondary N) is 1. The van der Waals surface area contributed by atoms with E-state index in [-0.39, 0.29) is 0 Å². The van der Waals surface area contributed by atoms with E-state index in [1.165, 1.54) is 16.3 Å². The summed E-state index contributed by atoms with van der Waals surface area (Å²) in [5.41, 5.74) is 3.45. The number of nitrogens with zero attached hydrogens (tertiary/aromatic N) is 2. The van der Waals surface area contributed by atoms with E-state index in [1.54, 1.807) is 0 Å². The third kappa shape index (κ3) is 2.75. The summed E-state index contributed by atoms with van der Waals surface area (Å²) in [5, 5.41) is 5.66. The number of anilines is 2. The van der Waals surface area contributed by atoms with Crippen molar-refractivity contribution in [3.8, 4) is 0 Å². The van der Waals surface area contributed by atoms with E-state index in [0.717, 1.165) is 23.7 Å². The van der Waals surface area contributed by atoms with E-state index in [0.29, 0.717) is 0 Å². The Morgan fingerprint density at radius 2 is 1.77 bits per heavy atom. The summed E-state index contributed by atoms with van der Waals surface area (Å²) < 4.78 is 0. The molecule has 0 amide bonds. The van der Waals surface area contributed by atoms with Gasteiger partial charge in [-0.2, -0.15) is 0 Å². The van der Waals surface area contributed by atoms with E-state index >= 15 is 0 Å². The largest absolute Gasteiger partial charge is 0.388 e. The van der Waals surface area contributed by atoms with Crippen LogP contribution >= 0.6 is 0 Å². The summed E-state index contributed by atoms with van der Waals surface area (Å²) >= 11 is 0. The number of aromatic nitrogens is 1. The average Bonchev–Trinajstić information content (AvgIpc) is 2.54. The predicted molar refractivity (Wildman–Crippen MR) is 94.6 cm³/mol. The van der Waals surface area contributed by atoms with Gasteiger partial charge in [-0.25, -0.2) is 4.98 Å². The Kier molecular flexibility index (Phi) is 3.96. The van der Waals surface area contributed by atoms with E-state index in [1.807, 2.05) is 20.0 Å². The van der Waals surface area contributed by atoms with Gasteiger partial charge in [-0.3, -0.25) is 0 Å². The van der Waals surface area contributed by atoms with Crippen LogP contribution in [0.2, 0.25) is 0 Å². The van der Waals surface area contributed by atoms with Crippen LogP contribution in [0, 0.1) is 6.92 Å². The van der Waals surface area contributed by atoms with Crippen LogP contribution in [-0.4, -0.2) is 19.1 Å². The number of pyridine rings is 1. The average molecular weight is 291 g/mol. The Hall–Kier alpha value is -2.55. The molecule has 1 N–H and O–H groups in total. The van der Waals surface area contributed by atoms with Gasteiger partial charge in [0.05, 0.1) is 0 Å². The molecule has 1 heterocycles. The molecule has 3 heteroatoms. The minimum absolute atomic E-state index is 0.843. The highest BCUT2D eigenvalue weighted by Crippen LogP contribution is 2.30. The van der Waals surface area contributed by atoms with E-state index in [4.69, 9.17) is 4.98 Å². The number of benzene rings is 2. The lowest BCUT2D eigenvalue weighted by molar-refractivity contribution is 0.900. The number of hydrogen-bond donors (Lipinski definition) is 1. The summed E-state index contributed by atoms with van der Waals surface area (Å²) in [7, 11) is 4.05. The molecule has 0 aliphatic carbocycles. The number of hydrogen-bond acceptors (Lipinski definition) is 3. The lowest BCUT2D eigenvalue weighted by atomic mass is 10.1. The highest BCUT2D eigenvalue weighted by Gasteiger charge is 2.11. The van der Waals surface area contributed by atoms with Gasteiger partial charge in [0.1, 0.15) is 5.82 Å². The van der Waals surface area contributed by atoms with Crippen LogP contribution in [0.3, 0.4) is 0 Å². The fourth-order valence-corrected chi connectivity index (χ4v) is 2.83. The van der Waals surface area contributed by atoms with Crippen molar-refractivity contribution in [3.63, 3.8) is 0 Å². The molecule has 3 aromatic rings. The van der Waals surface area contributed by atoms with Gasteiger partial charge < -0.3 is 10.2 Å². The third-order valence-electron chi connectivity index (χ3n) is 3.88. The first kappa shape index (κ1) is 14.4. The molecule has 0 saturated carbocycles. The first-order valence-electron chi connectivity index (χ1n) is 7.52. The molecule has 0 bridgehead atoms. The molecule has 22 heavy (non-hydrogen) atoms. The normalized spacial score (nSPS) is 10.7. The fourth-order valence-electron chi connectivity index (χ4n) is 2.83. The second kappa shape index (κ2) is 6.06. The Balaban J connectivity index is 2.06. The molecule has 0 unspecified atom stereocenters. The molecule has 3 nitrogen and oxygen atoms in total. The number of rotatable bonds is 4. The zero-order valence-corrected chi connectivity index (χ0v) is 13.3. The van der Waals surface area contributed by atoms with Gasteiger partial charge >= 0.3 is 0 Å². The van der Waals surface area contributed by atoms with Gasteiger partial charge in [-0.1, -0.05) is 42.5 Å². The van der Waals surface area contributed by atoms with Crippen LogP contribution in [-0.2, 0) is 6.54 Å². The van der Waals surface area contributed by atoms with Gasteiger partial charge in [0.25, 0.3) is 0 Å². The number of aryl methyl sites for hydroxylation is 1. The van der Waals surface area contributed by atoms with Crippen LogP contribution in [0.1, 0.15) is 11.3 Å². The van der Waals surface area contributed by atoms with Crippen molar-refractivity contribution < 1.29 is 0 Å². The molecule has 0 radical (unpaired) electrons. The Morgan fingerprint density at radius 3 is 2.50 bits per heavy atom. The summed E-state index contributed by atoms with van der Waals surface area (Å²) in [6.45, 7) is 2.89. The van der Waals surface area contributed by atoms with Crippen molar-refractivity contribution in [1.29, 1.82) is 0 Å². The first-order chi connectivity index (χ1) is 10.7. The molecular weight excluding hydrogens is 270 g/mol. The molecule has 0 saturated heterocycles. The van der Waals surface area contributed by atoms with Crippen molar-refractivity contribution in [1.82, 2.24) is 4.98 Å². The smallest absolute Gasteiger partial charge is 0.136 e. The van der Waals surface area contributed by atoms with Crippen molar-refractivity contribution in [2.45, 2.75) is 13.5 Å². The van der Waals surface area contributed by atoms with Crippen molar-refractivity contribution in [2.24, 2.45) is 0 Å². The van der Waals surface area contributed by atoms with Crippen LogP contribution < -0.4 is 10.2 Å². The number of fused-ring (bicyclic) bond motifs is 1. The van der Waals surface area contributed by atoms with Gasteiger partial charge in [0.15, 0.2) is 0 Å². The molecule has 0 atom stereocenters. The van der Waals surface area contributed by atoms with Gasteiger partial charge in [0, 0.05) is 42.8 Å². The first-order valence-corrected chi connectivity index (χ1v) is 7.52. The van der Waals surface area contributed by atoms with Crippen molar-refractivity contribution in [2.75, 3.05) is 24.3 Å². The molecule has 0 fully saturated rings. The fraction of sp³-hybridized carbons (Fsp3) is 0.211. The van der Waals surface area contributed by atoms with E-state index in [9.17, 15) is 0 Å². The molecule has 1 aromatic heterocycles. The topological polar surface area (TPSA) is 28.2 Å². The standard InChI is InChI=1S/C19H21N3/c1-14-12-17-16(10-7-11-18(17)20-2)19(21-14)22(3)13-15-8-5-4-6-9-15/h4-12,20H,13H2,1-3H3. The Bertz CT molecular complexity index is 781. The zero-order valence-electron chi connectivity index (χ0n) is 13.3. The minimum Gasteiger partial charge on any atom is -0.388 e. The highest BCUT2D eigenvalue weighted by atomic mass is 15.2. The Morgan fingerprint density at radius 1 is 1.00 bits per heavy atom. The summed E-state index contributed by atoms with van der Waals surface area (Å²) in [6.07, 6.45) is 0. The Labute approximate surface area is 131 Å². The molecule has 3 rings (SSSR count). The highest BCUT2D eigenvalue weighted by molar-refractivity contribution is 6.00. The van der Waals surface area contributed by atoms with Gasteiger partial charge in [0.2, 0.25) is 0 Å². The lowest BCUT2D eigenvalue weighted by Crippen LogP contribution is -2.18. The quantitative estimate of drug-likeness (QED) is 0.780. The van der Waals surface area contributed by atoms with Crippen LogP contribution in [0.15, 0.2) is 54.6 Å². The third-order valence-corrected chi connectivity index (χ3v) is 3.88. The summed E-state index contributed by atoms with van der Waals surface area (Å²) in [5.74, 6) is 1.02. The molecule has 2 aromatic carbocycles. The SMILES string of the molecule is CNc1cccc2c(N(C)Cc3ccccc3)nc(C)cc12. The van der Waals surface area contributed by atoms with Crippen molar-refractivity contribution in [3.05, 3.63) is 65.9 Å². The molecule has 0 aliphatic heterocycles. The lowest BCUT2D eigenvalue weighted by Gasteiger charge is -2.21. The zero-order chi connectivity index (χ0) is 15.5. The molecular formula is C19H21N3. The van der Waals surface area contributed by atoms with Crippen LogP contribution in [0.25, 0.3) is 10.8 Å². The molecule has 0 aliphatic rings. The summed E-state index contributed by atoms with van der Waals surface area (Å²) in [4.78, 5) is 6.98. The molecule has 112 valence electrons. The van der Waals surface area contributed by atoms with E-state index < -0.39 is 0 Å². The van der Waals surface area contributed by atoms with Crippen LogP contribution in [0.5, 0.6) is 0 Å². The van der Waals surface area contributed by atoms with Gasteiger partial charge in [-0.15, -0.1) is 0 Å². The maximum Gasteiger partial charge on any atom is 0.136 e.